The highest BCUT2D eigenvalue weighted by molar-refractivity contribution is 6.24. The molecule has 0 radical (unpaired) electrons. The number of carbonyl (C=O) groups is 4. The lowest BCUT2D eigenvalue weighted by atomic mass is 9.76. The van der Waals surface area contributed by atoms with Gasteiger partial charge in [-0.1, -0.05) is 6.08 Å². The highest BCUT2D eigenvalue weighted by Crippen LogP contribution is 2.55. The first-order chi connectivity index (χ1) is 15.1. The Labute approximate surface area is 180 Å². The number of nitro benzene ring substituents is 1. The van der Waals surface area contributed by atoms with Gasteiger partial charge in [-0.15, -0.1) is 0 Å². The fourth-order valence-electron chi connectivity index (χ4n) is 4.42. The minimum absolute atomic E-state index is 0.0732. The van der Waals surface area contributed by atoms with Gasteiger partial charge in [0.25, 0.3) is 12.0 Å². The minimum Gasteiger partial charge on any atom is -0.495 e. The van der Waals surface area contributed by atoms with Crippen molar-refractivity contribution < 1.29 is 43.0 Å². The number of methoxy groups -OCH3 is 1. The lowest BCUT2D eigenvalue weighted by molar-refractivity contribution is -0.384. The number of nitro groups is 1. The molecule has 12 heteroatoms. The van der Waals surface area contributed by atoms with E-state index in [1.165, 1.54) is 31.4 Å². The molecule has 0 spiro atoms. The van der Waals surface area contributed by atoms with Crippen molar-refractivity contribution in [1.29, 1.82) is 0 Å². The van der Waals surface area contributed by atoms with E-state index in [1.807, 2.05) is 0 Å². The predicted octanol–water partition coefficient (Wildman–Crippen LogP) is 0.869. The summed E-state index contributed by atoms with van der Waals surface area (Å²) in [7, 11) is 1.30. The van der Waals surface area contributed by atoms with E-state index in [9.17, 15) is 29.3 Å². The second-order valence-corrected chi connectivity index (χ2v) is 7.47. The quantitative estimate of drug-likeness (QED) is 0.154. The Morgan fingerprint density at radius 3 is 2.41 bits per heavy atom. The van der Waals surface area contributed by atoms with Crippen molar-refractivity contribution in [1.82, 2.24) is 0 Å². The monoisotopic (exact) mass is 446 g/mol. The minimum atomic E-state index is -1.72. The molecule has 0 unspecified atom stereocenters. The smallest absolute Gasteiger partial charge is 0.305 e. The molecule has 2 bridgehead atoms. The maximum Gasteiger partial charge on any atom is 0.305 e. The van der Waals surface area contributed by atoms with Crippen LogP contribution in [0, 0.1) is 22.0 Å². The molecule has 0 aliphatic carbocycles. The average molecular weight is 446 g/mol. The lowest BCUT2D eigenvalue weighted by Crippen LogP contribution is -2.52. The van der Waals surface area contributed by atoms with Gasteiger partial charge in [0.05, 0.1) is 30.0 Å². The molecule has 1 aromatic carbocycles. The van der Waals surface area contributed by atoms with Gasteiger partial charge in [0.15, 0.2) is 5.60 Å². The number of nitrogens with zero attached hydrogens (tertiary/aromatic N) is 2. The van der Waals surface area contributed by atoms with Gasteiger partial charge in [-0.25, -0.2) is 4.90 Å². The van der Waals surface area contributed by atoms with Crippen LogP contribution in [0.2, 0.25) is 0 Å². The van der Waals surface area contributed by atoms with E-state index in [4.69, 9.17) is 18.9 Å². The average Bonchev–Trinajstić information content (AvgIpc) is 3.37. The second-order valence-electron chi connectivity index (χ2n) is 7.47. The van der Waals surface area contributed by atoms with E-state index in [0.717, 1.165) is 24.8 Å². The molecule has 0 saturated carbocycles. The molecule has 3 aliphatic rings. The van der Waals surface area contributed by atoms with Crippen molar-refractivity contribution in [2.45, 2.75) is 31.8 Å². The van der Waals surface area contributed by atoms with Gasteiger partial charge in [-0.3, -0.25) is 29.3 Å². The molecule has 3 heterocycles. The number of hydrogen-bond acceptors (Lipinski definition) is 10. The fourth-order valence-corrected chi connectivity index (χ4v) is 4.42. The number of benzene rings is 1. The standard InChI is InChI=1S/C20H18N2O10/c1-9(23)30-19(31-10(2)24)20-7-6-14(32-20)15-16(20)18(26)21(17(15)25)12-8-11(22(27)28)4-5-13(12)29-3/h4-8,14-16,19H,1-3H3/t14-,15+,16-,20-/m1/s1. The van der Waals surface area contributed by atoms with Crippen LogP contribution in [0.3, 0.4) is 0 Å². The van der Waals surface area contributed by atoms with Gasteiger partial charge in [-0.05, 0) is 12.1 Å². The predicted molar refractivity (Wildman–Crippen MR) is 103 cm³/mol. The van der Waals surface area contributed by atoms with Crippen LogP contribution in [0.15, 0.2) is 30.4 Å². The molecule has 0 N–H and O–H groups in total. The van der Waals surface area contributed by atoms with Crippen molar-refractivity contribution in [2.24, 2.45) is 11.8 Å². The zero-order valence-corrected chi connectivity index (χ0v) is 17.2. The van der Waals surface area contributed by atoms with E-state index in [-0.39, 0.29) is 17.1 Å². The first-order valence-electron chi connectivity index (χ1n) is 9.52. The molecule has 2 fully saturated rings. The number of non-ortho nitro benzene ring substituents is 1. The summed E-state index contributed by atoms with van der Waals surface area (Å²) in [5, 5.41) is 11.2. The van der Waals surface area contributed by atoms with Crippen LogP contribution in [0.25, 0.3) is 0 Å². The molecule has 2 saturated heterocycles. The Balaban J connectivity index is 1.79. The Morgan fingerprint density at radius 1 is 1.19 bits per heavy atom. The molecule has 3 aliphatic heterocycles. The lowest BCUT2D eigenvalue weighted by Gasteiger charge is -2.34. The third-order valence-electron chi connectivity index (χ3n) is 5.61. The molecule has 4 atom stereocenters. The topological polar surface area (TPSA) is 152 Å². The number of esters is 2. The highest BCUT2D eigenvalue weighted by atomic mass is 16.7. The second kappa shape index (κ2) is 7.41. The summed E-state index contributed by atoms with van der Waals surface area (Å²) in [5.74, 6) is -5.13. The number of anilines is 1. The fraction of sp³-hybridized carbons (Fsp3) is 0.400. The van der Waals surface area contributed by atoms with Gasteiger partial charge in [0.2, 0.25) is 11.8 Å². The summed E-state index contributed by atoms with van der Waals surface area (Å²) in [5.41, 5.74) is -2.16. The van der Waals surface area contributed by atoms with E-state index < -0.39 is 58.5 Å². The summed E-state index contributed by atoms with van der Waals surface area (Å²) in [6.07, 6.45) is 0.507. The maximum atomic E-state index is 13.5. The molecule has 4 rings (SSSR count). The Bertz CT molecular complexity index is 1070. The number of fused-ring (bicyclic) bond motifs is 5. The summed E-state index contributed by atoms with van der Waals surface area (Å²) < 4.78 is 21.3. The van der Waals surface area contributed by atoms with Crippen LogP contribution in [0.4, 0.5) is 11.4 Å². The van der Waals surface area contributed by atoms with Crippen LogP contribution < -0.4 is 9.64 Å². The zero-order valence-electron chi connectivity index (χ0n) is 17.2. The zero-order chi connectivity index (χ0) is 23.4. The normalized spacial score (nSPS) is 27.6. The third kappa shape index (κ3) is 3.02. The molecular formula is C20H18N2O10. The summed E-state index contributed by atoms with van der Waals surface area (Å²) >= 11 is 0. The van der Waals surface area contributed by atoms with Gasteiger partial charge in [-0.2, -0.15) is 0 Å². The van der Waals surface area contributed by atoms with E-state index in [1.54, 1.807) is 0 Å². The number of ether oxygens (including phenoxy) is 4. The van der Waals surface area contributed by atoms with Crippen molar-refractivity contribution in [2.75, 3.05) is 12.0 Å². The summed E-state index contributed by atoms with van der Waals surface area (Å²) in [4.78, 5) is 61.4. The molecule has 32 heavy (non-hydrogen) atoms. The Hall–Kier alpha value is -3.80. The highest BCUT2D eigenvalue weighted by Gasteiger charge is 2.72. The Morgan fingerprint density at radius 2 is 1.84 bits per heavy atom. The molecule has 0 aromatic heterocycles. The van der Waals surface area contributed by atoms with Crippen molar-refractivity contribution in [3.8, 4) is 5.75 Å². The number of rotatable bonds is 6. The van der Waals surface area contributed by atoms with Gasteiger partial charge >= 0.3 is 11.9 Å². The van der Waals surface area contributed by atoms with Crippen LogP contribution in [-0.4, -0.2) is 53.8 Å². The number of amides is 2. The largest absolute Gasteiger partial charge is 0.495 e. The molecular weight excluding hydrogens is 428 g/mol. The van der Waals surface area contributed by atoms with E-state index in [0.29, 0.717) is 0 Å². The summed E-state index contributed by atoms with van der Waals surface area (Å²) in [6.45, 7) is 2.19. The number of imide groups is 1. The molecule has 168 valence electrons. The van der Waals surface area contributed by atoms with Gasteiger partial charge < -0.3 is 18.9 Å². The SMILES string of the molecule is COc1ccc([N+](=O)[O-])cc1N1C(=O)[C@H]2[C@H]3C=C[C@@](C(OC(C)=O)OC(C)=O)(O3)[C@H]2C1=O. The Kier molecular flexibility index (Phi) is 4.96. The maximum absolute atomic E-state index is 13.5. The number of hydrogen-bond donors (Lipinski definition) is 0. The molecule has 2 amide bonds. The van der Waals surface area contributed by atoms with E-state index in [2.05, 4.69) is 0 Å². The van der Waals surface area contributed by atoms with Crippen molar-refractivity contribution in [3.63, 3.8) is 0 Å². The van der Waals surface area contributed by atoms with Gasteiger partial charge in [0.1, 0.15) is 11.4 Å². The summed E-state index contributed by atoms with van der Waals surface area (Å²) in [6, 6.07) is 3.53. The van der Waals surface area contributed by atoms with Crippen molar-refractivity contribution in [3.05, 3.63) is 40.5 Å². The van der Waals surface area contributed by atoms with Gasteiger partial charge in [0, 0.05) is 26.0 Å². The van der Waals surface area contributed by atoms with Crippen LogP contribution in [0.1, 0.15) is 13.8 Å². The van der Waals surface area contributed by atoms with E-state index >= 15 is 0 Å². The molecule has 1 aromatic rings. The van der Waals surface area contributed by atoms with Crippen LogP contribution >= 0.6 is 0 Å². The first-order valence-corrected chi connectivity index (χ1v) is 9.52. The van der Waals surface area contributed by atoms with Crippen LogP contribution in [-0.2, 0) is 33.4 Å². The van der Waals surface area contributed by atoms with Crippen molar-refractivity contribution >= 4 is 35.1 Å². The number of carbonyl (C=O) groups excluding carboxylic acids is 4. The first kappa shape index (κ1) is 21.4. The van der Waals surface area contributed by atoms with Crippen LogP contribution in [0.5, 0.6) is 5.75 Å². The third-order valence-corrected chi connectivity index (χ3v) is 5.61. The molecule has 12 nitrogen and oxygen atoms in total.